The van der Waals surface area contributed by atoms with Gasteiger partial charge < -0.3 is 9.26 Å². The number of ether oxygens (including phenoxy) is 1. The lowest BCUT2D eigenvalue weighted by Crippen LogP contribution is -2.20. The van der Waals surface area contributed by atoms with Gasteiger partial charge in [-0.2, -0.15) is 4.98 Å². The molecule has 0 unspecified atom stereocenters. The van der Waals surface area contributed by atoms with Crippen LogP contribution < -0.4 is 4.74 Å². The first-order valence-electron chi connectivity index (χ1n) is 7.00. The zero-order valence-corrected chi connectivity index (χ0v) is 12.9. The topological polar surface area (TPSA) is 51.4 Å². The molecule has 0 radical (unpaired) electrons. The zero-order chi connectivity index (χ0) is 14.8. The summed E-state index contributed by atoms with van der Waals surface area (Å²) in [5.74, 6) is 2.60. The summed E-state index contributed by atoms with van der Waals surface area (Å²) >= 11 is 6.00. The maximum atomic E-state index is 6.00. The Bertz CT molecular complexity index is 629. The van der Waals surface area contributed by atoms with E-state index in [2.05, 4.69) is 15.0 Å². The Kier molecular flexibility index (Phi) is 4.12. The first kappa shape index (κ1) is 14.4. The molecule has 112 valence electrons. The molecule has 2 heterocycles. The SMILES string of the molecule is COc1cc(Cl)ccc1CN1CC[C@H](c2nc(C)no2)C1. The summed E-state index contributed by atoms with van der Waals surface area (Å²) in [7, 11) is 1.67. The summed E-state index contributed by atoms with van der Waals surface area (Å²) in [5, 5.41) is 4.56. The molecule has 2 aromatic rings. The van der Waals surface area contributed by atoms with Crippen LogP contribution in [0.3, 0.4) is 0 Å². The van der Waals surface area contributed by atoms with Crippen LogP contribution >= 0.6 is 11.6 Å². The lowest BCUT2D eigenvalue weighted by atomic mass is 10.1. The number of rotatable bonds is 4. The molecular weight excluding hydrogens is 290 g/mol. The van der Waals surface area contributed by atoms with Crippen molar-refractivity contribution < 1.29 is 9.26 Å². The van der Waals surface area contributed by atoms with Crippen LogP contribution in [0, 0.1) is 6.92 Å². The Balaban J connectivity index is 1.67. The third kappa shape index (κ3) is 3.19. The van der Waals surface area contributed by atoms with E-state index < -0.39 is 0 Å². The van der Waals surface area contributed by atoms with Crippen LogP contribution in [0.5, 0.6) is 5.75 Å². The number of aryl methyl sites for hydroxylation is 1. The average Bonchev–Trinajstić information content (AvgIpc) is 3.09. The van der Waals surface area contributed by atoms with Crippen molar-refractivity contribution in [1.29, 1.82) is 0 Å². The molecule has 5 nitrogen and oxygen atoms in total. The van der Waals surface area contributed by atoms with E-state index in [1.807, 2.05) is 25.1 Å². The van der Waals surface area contributed by atoms with Crippen molar-refractivity contribution in [3.8, 4) is 5.75 Å². The second kappa shape index (κ2) is 6.03. The highest BCUT2D eigenvalue weighted by molar-refractivity contribution is 6.30. The zero-order valence-electron chi connectivity index (χ0n) is 12.2. The van der Waals surface area contributed by atoms with Gasteiger partial charge in [0.05, 0.1) is 13.0 Å². The number of aromatic nitrogens is 2. The van der Waals surface area contributed by atoms with E-state index in [1.165, 1.54) is 0 Å². The second-order valence-corrected chi connectivity index (χ2v) is 5.79. The summed E-state index contributed by atoms with van der Waals surface area (Å²) in [4.78, 5) is 6.70. The largest absolute Gasteiger partial charge is 0.496 e. The van der Waals surface area contributed by atoms with Crippen LogP contribution in [0.2, 0.25) is 5.02 Å². The normalized spacial score (nSPS) is 19.1. The van der Waals surface area contributed by atoms with Crippen molar-refractivity contribution in [2.45, 2.75) is 25.8 Å². The highest BCUT2D eigenvalue weighted by Crippen LogP contribution is 2.30. The molecule has 3 rings (SSSR count). The lowest BCUT2D eigenvalue weighted by Gasteiger charge is -2.17. The number of nitrogens with zero attached hydrogens (tertiary/aromatic N) is 3. The third-order valence-corrected chi connectivity index (χ3v) is 4.04. The minimum atomic E-state index is 0.324. The van der Waals surface area contributed by atoms with Crippen molar-refractivity contribution in [3.63, 3.8) is 0 Å². The number of hydrogen-bond donors (Lipinski definition) is 0. The van der Waals surface area contributed by atoms with Crippen LogP contribution in [0.25, 0.3) is 0 Å². The smallest absolute Gasteiger partial charge is 0.231 e. The highest BCUT2D eigenvalue weighted by Gasteiger charge is 2.28. The standard InChI is InChI=1S/C15H18ClN3O2/c1-10-17-15(21-18-10)12-5-6-19(9-12)8-11-3-4-13(16)7-14(11)20-2/h3-4,7,12H,5-6,8-9H2,1-2H3/t12-/m0/s1. The summed E-state index contributed by atoms with van der Waals surface area (Å²) in [6.07, 6.45) is 1.04. The molecule has 1 atom stereocenters. The van der Waals surface area contributed by atoms with Crippen LogP contribution in [-0.2, 0) is 6.54 Å². The van der Waals surface area contributed by atoms with E-state index in [0.29, 0.717) is 16.8 Å². The fourth-order valence-electron chi connectivity index (χ4n) is 2.75. The molecule has 21 heavy (non-hydrogen) atoms. The van der Waals surface area contributed by atoms with E-state index in [1.54, 1.807) is 7.11 Å². The molecule has 0 saturated carbocycles. The summed E-state index contributed by atoms with van der Waals surface area (Å²) < 4.78 is 10.7. The molecule has 1 aliphatic heterocycles. The molecule has 6 heteroatoms. The minimum absolute atomic E-state index is 0.324. The van der Waals surface area contributed by atoms with Crippen LogP contribution in [0.1, 0.15) is 29.6 Å². The van der Waals surface area contributed by atoms with E-state index in [-0.39, 0.29) is 0 Å². The average molecular weight is 308 g/mol. The quantitative estimate of drug-likeness (QED) is 0.869. The van der Waals surface area contributed by atoms with Crippen molar-refractivity contribution in [2.75, 3.05) is 20.2 Å². The minimum Gasteiger partial charge on any atom is -0.496 e. The van der Waals surface area contributed by atoms with Crippen molar-refractivity contribution in [2.24, 2.45) is 0 Å². The number of hydrogen-bond acceptors (Lipinski definition) is 5. The van der Waals surface area contributed by atoms with Crippen molar-refractivity contribution in [3.05, 3.63) is 40.5 Å². The molecular formula is C15H18ClN3O2. The predicted molar refractivity (Wildman–Crippen MR) is 79.7 cm³/mol. The molecule has 1 fully saturated rings. The lowest BCUT2D eigenvalue weighted by molar-refractivity contribution is 0.302. The summed E-state index contributed by atoms with van der Waals surface area (Å²) in [6.45, 7) is 4.62. The molecule has 1 saturated heterocycles. The molecule has 1 aliphatic rings. The fourth-order valence-corrected chi connectivity index (χ4v) is 2.91. The maximum absolute atomic E-state index is 6.00. The Hall–Kier alpha value is -1.59. The van der Waals surface area contributed by atoms with Crippen LogP contribution in [0.4, 0.5) is 0 Å². The number of methoxy groups -OCH3 is 1. The van der Waals surface area contributed by atoms with Gasteiger partial charge in [-0.1, -0.05) is 22.8 Å². The van der Waals surface area contributed by atoms with Gasteiger partial charge in [0, 0.05) is 23.7 Å². The maximum Gasteiger partial charge on any atom is 0.231 e. The van der Waals surface area contributed by atoms with Gasteiger partial charge >= 0.3 is 0 Å². The third-order valence-electron chi connectivity index (χ3n) is 3.81. The molecule has 0 bridgehead atoms. The number of benzene rings is 1. The molecule has 0 aliphatic carbocycles. The highest BCUT2D eigenvalue weighted by atomic mass is 35.5. The monoisotopic (exact) mass is 307 g/mol. The molecule has 1 aromatic heterocycles. The Morgan fingerprint density at radius 2 is 2.33 bits per heavy atom. The molecule has 1 aromatic carbocycles. The number of likely N-dealkylation sites (tertiary alicyclic amines) is 1. The second-order valence-electron chi connectivity index (χ2n) is 5.36. The predicted octanol–water partition coefficient (Wildman–Crippen LogP) is 3.03. The first-order valence-corrected chi connectivity index (χ1v) is 7.38. The van der Waals surface area contributed by atoms with E-state index >= 15 is 0 Å². The van der Waals surface area contributed by atoms with Crippen molar-refractivity contribution >= 4 is 11.6 Å². The molecule has 0 N–H and O–H groups in total. The van der Waals surface area contributed by atoms with Gasteiger partial charge in [0.15, 0.2) is 5.82 Å². The Morgan fingerprint density at radius 3 is 3.05 bits per heavy atom. The van der Waals surface area contributed by atoms with Gasteiger partial charge in [-0.3, -0.25) is 4.90 Å². The fraction of sp³-hybridized carbons (Fsp3) is 0.467. The van der Waals surface area contributed by atoms with Gasteiger partial charge in [0.1, 0.15) is 5.75 Å². The summed E-state index contributed by atoms with van der Waals surface area (Å²) in [6, 6.07) is 5.77. The Labute approximate surface area is 128 Å². The van der Waals surface area contributed by atoms with E-state index in [4.69, 9.17) is 20.9 Å². The van der Waals surface area contributed by atoms with E-state index in [0.717, 1.165) is 43.3 Å². The van der Waals surface area contributed by atoms with Gasteiger partial charge in [-0.05, 0) is 32.0 Å². The first-order chi connectivity index (χ1) is 10.2. The Morgan fingerprint density at radius 1 is 1.48 bits per heavy atom. The number of halogens is 1. The van der Waals surface area contributed by atoms with Crippen LogP contribution in [0.15, 0.2) is 22.7 Å². The van der Waals surface area contributed by atoms with E-state index in [9.17, 15) is 0 Å². The van der Waals surface area contributed by atoms with Gasteiger partial charge in [0.25, 0.3) is 0 Å². The van der Waals surface area contributed by atoms with Gasteiger partial charge in [-0.25, -0.2) is 0 Å². The molecule has 0 spiro atoms. The molecule has 0 amide bonds. The van der Waals surface area contributed by atoms with Gasteiger partial charge in [-0.15, -0.1) is 0 Å². The van der Waals surface area contributed by atoms with Crippen LogP contribution in [-0.4, -0.2) is 35.2 Å². The van der Waals surface area contributed by atoms with Gasteiger partial charge in [0.2, 0.25) is 5.89 Å². The summed E-state index contributed by atoms with van der Waals surface area (Å²) in [5.41, 5.74) is 1.14. The van der Waals surface area contributed by atoms with Crippen molar-refractivity contribution in [1.82, 2.24) is 15.0 Å².